The molecule has 1 fully saturated rings. The Morgan fingerprint density at radius 1 is 1.50 bits per heavy atom. The van der Waals surface area contributed by atoms with Gasteiger partial charge in [-0.05, 0) is 24.5 Å². The lowest BCUT2D eigenvalue weighted by Crippen LogP contribution is -2.17. The normalized spacial score (nSPS) is 15.5. The summed E-state index contributed by atoms with van der Waals surface area (Å²) < 4.78 is 0. The standard InChI is InChI=1S/C12H17N3S/c13-12(16)10-5-2-6-11(15-10)14-8-7-9-3-1-4-9/h2,5-6,9H,1,3-4,7-8H2,(H2,13,16)(H,14,15). The van der Waals surface area contributed by atoms with Crippen molar-refractivity contribution >= 4 is 23.0 Å². The maximum Gasteiger partial charge on any atom is 0.126 e. The van der Waals surface area contributed by atoms with Gasteiger partial charge < -0.3 is 11.1 Å². The second kappa shape index (κ2) is 5.25. The summed E-state index contributed by atoms with van der Waals surface area (Å²) >= 11 is 4.89. The van der Waals surface area contributed by atoms with E-state index in [4.69, 9.17) is 18.0 Å². The van der Waals surface area contributed by atoms with Gasteiger partial charge in [0.2, 0.25) is 0 Å². The molecular formula is C12H17N3S. The lowest BCUT2D eigenvalue weighted by Gasteiger charge is -2.25. The molecule has 0 saturated heterocycles. The van der Waals surface area contributed by atoms with Crippen molar-refractivity contribution < 1.29 is 0 Å². The van der Waals surface area contributed by atoms with E-state index in [2.05, 4.69) is 10.3 Å². The van der Waals surface area contributed by atoms with Gasteiger partial charge >= 0.3 is 0 Å². The number of anilines is 1. The van der Waals surface area contributed by atoms with Crippen molar-refractivity contribution in [3.8, 4) is 0 Å². The lowest BCUT2D eigenvalue weighted by molar-refractivity contribution is 0.303. The van der Waals surface area contributed by atoms with Crippen LogP contribution >= 0.6 is 12.2 Å². The summed E-state index contributed by atoms with van der Waals surface area (Å²) in [4.78, 5) is 4.69. The predicted octanol–water partition coefficient (Wildman–Crippen LogP) is 2.32. The van der Waals surface area contributed by atoms with E-state index in [0.29, 0.717) is 10.7 Å². The maximum atomic E-state index is 5.53. The molecule has 1 aromatic rings. The van der Waals surface area contributed by atoms with Crippen LogP contribution in [0.5, 0.6) is 0 Å². The molecule has 1 heterocycles. The Bertz CT molecular complexity index is 374. The van der Waals surface area contributed by atoms with Crippen LogP contribution in [0.1, 0.15) is 31.4 Å². The third-order valence-corrected chi connectivity index (χ3v) is 3.29. The number of nitrogens with two attached hydrogens (primary N) is 1. The zero-order valence-corrected chi connectivity index (χ0v) is 10.1. The molecule has 1 aliphatic rings. The fourth-order valence-electron chi connectivity index (χ4n) is 1.86. The van der Waals surface area contributed by atoms with Gasteiger partial charge in [0.15, 0.2) is 0 Å². The molecule has 0 unspecified atom stereocenters. The molecule has 3 nitrogen and oxygen atoms in total. The van der Waals surface area contributed by atoms with Crippen LogP contribution in [0, 0.1) is 5.92 Å². The molecule has 16 heavy (non-hydrogen) atoms. The van der Waals surface area contributed by atoms with E-state index < -0.39 is 0 Å². The monoisotopic (exact) mass is 235 g/mol. The Kier molecular flexibility index (Phi) is 3.72. The fourth-order valence-corrected chi connectivity index (χ4v) is 1.97. The molecule has 0 bridgehead atoms. The predicted molar refractivity (Wildman–Crippen MR) is 70.6 cm³/mol. The van der Waals surface area contributed by atoms with E-state index in [1.807, 2.05) is 18.2 Å². The fraction of sp³-hybridized carbons (Fsp3) is 0.500. The van der Waals surface area contributed by atoms with Crippen LogP contribution in [0.4, 0.5) is 5.82 Å². The van der Waals surface area contributed by atoms with Crippen molar-refractivity contribution in [3.63, 3.8) is 0 Å². The number of nitrogens with zero attached hydrogens (tertiary/aromatic N) is 1. The Hall–Kier alpha value is -1.16. The van der Waals surface area contributed by atoms with Crippen LogP contribution < -0.4 is 11.1 Å². The van der Waals surface area contributed by atoms with Crippen molar-refractivity contribution in [3.05, 3.63) is 23.9 Å². The van der Waals surface area contributed by atoms with Crippen LogP contribution in [-0.2, 0) is 0 Å². The van der Waals surface area contributed by atoms with Crippen molar-refractivity contribution in [2.45, 2.75) is 25.7 Å². The molecule has 4 heteroatoms. The van der Waals surface area contributed by atoms with Crippen LogP contribution in [0.3, 0.4) is 0 Å². The molecular weight excluding hydrogens is 218 g/mol. The molecule has 0 amide bonds. The maximum absolute atomic E-state index is 5.53. The van der Waals surface area contributed by atoms with E-state index in [1.54, 1.807) is 0 Å². The van der Waals surface area contributed by atoms with Gasteiger partial charge in [-0.2, -0.15) is 0 Å². The Balaban J connectivity index is 1.83. The van der Waals surface area contributed by atoms with E-state index >= 15 is 0 Å². The Morgan fingerprint density at radius 3 is 2.94 bits per heavy atom. The average molecular weight is 235 g/mol. The minimum Gasteiger partial charge on any atom is -0.388 e. The molecule has 0 atom stereocenters. The summed E-state index contributed by atoms with van der Waals surface area (Å²) in [5.74, 6) is 1.79. The lowest BCUT2D eigenvalue weighted by atomic mass is 9.83. The van der Waals surface area contributed by atoms with E-state index in [9.17, 15) is 0 Å². The molecule has 1 aromatic heterocycles. The van der Waals surface area contributed by atoms with Gasteiger partial charge in [-0.25, -0.2) is 4.98 Å². The van der Waals surface area contributed by atoms with Crippen molar-refractivity contribution in [2.24, 2.45) is 11.7 Å². The topological polar surface area (TPSA) is 50.9 Å². The molecule has 1 aliphatic carbocycles. The van der Waals surface area contributed by atoms with Gasteiger partial charge in [0.25, 0.3) is 0 Å². The summed E-state index contributed by atoms with van der Waals surface area (Å²) in [5, 5.41) is 3.31. The van der Waals surface area contributed by atoms with Crippen LogP contribution in [0.25, 0.3) is 0 Å². The van der Waals surface area contributed by atoms with Gasteiger partial charge in [-0.1, -0.05) is 37.5 Å². The minimum absolute atomic E-state index is 0.350. The number of hydrogen-bond donors (Lipinski definition) is 2. The molecule has 1 saturated carbocycles. The van der Waals surface area contributed by atoms with Crippen LogP contribution in [0.2, 0.25) is 0 Å². The summed E-state index contributed by atoms with van der Waals surface area (Å²) in [6.45, 7) is 0.985. The highest BCUT2D eigenvalue weighted by molar-refractivity contribution is 7.80. The smallest absolute Gasteiger partial charge is 0.126 e. The molecule has 86 valence electrons. The molecule has 2 rings (SSSR count). The highest BCUT2D eigenvalue weighted by Gasteiger charge is 2.16. The first-order chi connectivity index (χ1) is 7.75. The zero-order chi connectivity index (χ0) is 11.4. The summed E-state index contributed by atoms with van der Waals surface area (Å²) in [6, 6.07) is 5.70. The summed E-state index contributed by atoms with van der Waals surface area (Å²) in [6.07, 6.45) is 5.42. The number of hydrogen-bond acceptors (Lipinski definition) is 3. The number of pyridine rings is 1. The largest absolute Gasteiger partial charge is 0.388 e. The number of aromatic nitrogens is 1. The molecule has 0 aliphatic heterocycles. The second-order valence-electron chi connectivity index (χ2n) is 4.28. The summed E-state index contributed by atoms with van der Waals surface area (Å²) in [5.41, 5.74) is 6.22. The second-order valence-corrected chi connectivity index (χ2v) is 4.72. The van der Waals surface area contributed by atoms with Crippen LogP contribution in [0.15, 0.2) is 18.2 Å². The zero-order valence-electron chi connectivity index (χ0n) is 9.28. The van der Waals surface area contributed by atoms with Crippen molar-refractivity contribution in [1.29, 1.82) is 0 Å². The molecule has 3 N–H and O–H groups in total. The van der Waals surface area contributed by atoms with Gasteiger partial charge in [0, 0.05) is 6.54 Å². The van der Waals surface area contributed by atoms with E-state index in [0.717, 1.165) is 18.3 Å². The average Bonchev–Trinajstić information content (AvgIpc) is 2.22. The first kappa shape index (κ1) is 11.3. The van der Waals surface area contributed by atoms with Crippen LogP contribution in [-0.4, -0.2) is 16.5 Å². The third-order valence-electron chi connectivity index (χ3n) is 3.08. The van der Waals surface area contributed by atoms with Gasteiger partial charge in [0.05, 0.1) is 5.69 Å². The number of rotatable bonds is 5. The van der Waals surface area contributed by atoms with Gasteiger partial charge in [-0.15, -0.1) is 0 Å². The van der Waals surface area contributed by atoms with Gasteiger partial charge in [0.1, 0.15) is 10.8 Å². The quantitative estimate of drug-likeness (QED) is 0.769. The molecule has 0 radical (unpaired) electrons. The number of thiocarbonyl (C=S) groups is 1. The van der Waals surface area contributed by atoms with Crippen molar-refractivity contribution in [2.75, 3.05) is 11.9 Å². The van der Waals surface area contributed by atoms with Crippen molar-refractivity contribution in [1.82, 2.24) is 4.98 Å². The van der Waals surface area contributed by atoms with Gasteiger partial charge in [-0.3, -0.25) is 0 Å². The number of nitrogens with one attached hydrogen (secondary N) is 1. The molecule has 0 spiro atoms. The first-order valence-corrected chi connectivity index (χ1v) is 6.17. The van der Waals surface area contributed by atoms with E-state index in [1.165, 1.54) is 25.7 Å². The minimum atomic E-state index is 0.350. The van der Waals surface area contributed by atoms with E-state index in [-0.39, 0.29) is 0 Å². The highest BCUT2D eigenvalue weighted by Crippen LogP contribution is 2.29. The molecule has 0 aromatic carbocycles. The highest BCUT2D eigenvalue weighted by atomic mass is 32.1. The summed E-state index contributed by atoms with van der Waals surface area (Å²) in [7, 11) is 0. The third kappa shape index (κ3) is 2.92. The Labute approximate surface area is 101 Å². The first-order valence-electron chi connectivity index (χ1n) is 5.76. The SMILES string of the molecule is NC(=S)c1cccc(NCCC2CCC2)n1. The Morgan fingerprint density at radius 2 is 2.31 bits per heavy atom.